The van der Waals surface area contributed by atoms with Gasteiger partial charge in [0.05, 0.1) is 11.4 Å². The predicted octanol–water partition coefficient (Wildman–Crippen LogP) is 4.49. The Bertz CT molecular complexity index is 1170. The van der Waals surface area contributed by atoms with Crippen LogP contribution in [0.3, 0.4) is 0 Å². The van der Waals surface area contributed by atoms with Gasteiger partial charge in [-0.15, -0.1) is 0 Å². The van der Waals surface area contributed by atoms with E-state index in [9.17, 15) is 9.90 Å². The van der Waals surface area contributed by atoms with Gasteiger partial charge in [-0.3, -0.25) is 4.79 Å². The smallest absolute Gasteiger partial charge is 0.254 e. The zero-order valence-electron chi connectivity index (χ0n) is 19.0. The topological polar surface area (TPSA) is 61.6 Å². The van der Waals surface area contributed by atoms with Gasteiger partial charge in [0, 0.05) is 37.6 Å². The Kier molecular flexibility index (Phi) is 4.96. The Labute approximate surface area is 189 Å². The van der Waals surface area contributed by atoms with E-state index in [1.807, 2.05) is 30.2 Å². The second-order valence-corrected chi connectivity index (χ2v) is 9.45. The van der Waals surface area contributed by atoms with Crippen LogP contribution in [0.1, 0.15) is 48.3 Å². The van der Waals surface area contributed by atoms with Crippen LogP contribution in [-0.2, 0) is 5.54 Å². The summed E-state index contributed by atoms with van der Waals surface area (Å²) in [6, 6.07) is 13.6. The lowest BCUT2D eigenvalue weighted by atomic mass is 9.88. The minimum Gasteiger partial charge on any atom is -0.508 e. The van der Waals surface area contributed by atoms with Gasteiger partial charge in [-0.25, -0.2) is 4.98 Å². The number of anilines is 1. The van der Waals surface area contributed by atoms with E-state index >= 15 is 0 Å². The van der Waals surface area contributed by atoms with Crippen LogP contribution in [0.2, 0.25) is 0 Å². The van der Waals surface area contributed by atoms with Crippen molar-refractivity contribution in [1.29, 1.82) is 0 Å². The third-order valence-corrected chi connectivity index (χ3v) is 6.95. The zero-order chi connectivity index (χ0) is 22.5. The quantitative estimate of drug-likeness (QED) is 0.662. The number of phenols is 1. The molecule has 6 heteroatoms. The van der Waals surface area contributed by atoms with Gasteiger partial charge >= 0.3 is 0 Å². The molecular weight excluding hydrogens is 400 g/mol. The largest absolute Gasteiger partial charge is 0.508 e. The van der Waals surface area contributed by atoms with E-state index in [1.54, 1.807) is 12.1 Å². The molecule has 1 atom stereocenters. The number of likely N-dealkylation sites (tertiary alicyclic amines) is 1. The molecule has 4 heterocycles. The van der Waals surface area contributed by atoms with Gasteiger partial charge in [-0.2, -0.15) is 0 Å². The van der Waals surface area contributed by atoms with Gasteiger partial charge in [-0.1, -0.05) is 19.9 Å². The van der Waals surface area contributed by atoms with Crippen molar-refractivity contribution in [1.82, 2.24) is 14.5 Å². The van der Waals surface area contributed by atoms with E-state index in [4.69, 9.17) is 4.98 Å². The van der Waals surface area contributed by atoms with E-state index in [0.717, 1.165) is 36.5 Å². The SMILES string of the molecule is Cc1ccc(C(=O)N2CC[C@]3(C2)c2cccn2-c2ncccc2N3CCC(C)C)cc1O. The minimum absolute atomic E-state index is 0.0314. The normalized spacial score (nSPS) is 19.5. The number of rotatable bonds is 4. The molecular formula is C26H30N4O2. The first-order chi connectivity index (χ1) is 15.4. The number of phenolic OH excluding ortho intramolecular Hbond substituents is 1. The summed E-state index contributed by atoms with van der Waals surface area (Å²) in [4.78, 5) is 22.5. The maximum Gasteiger partial charge on any atom is 0.254 e. The number of carbonyl (C=O) groups is 1. The number of hydrogen-bond donors (Lipinski definition) is 1. The highest BCUT2D eigenvalue weighted by Gasteiger charge is 2.50. The van der Waals surface area contributed by atoms with Crippen LogP contribution in [0.25, 0.3) is 5.82 Å². The number of hydrogen-bond acceptors (Lipinski definition) is 4. The van der Waals surface area contributed by atoms with E-state index in [0.29, 0.717) is 24.6 Å². The van der Waals surface area contributed by atoms with E-state index in [2.05, 4.69) is 47.7 Å². The number of aromatic nitrogens is 2. The second-order valence-electron chi connectivity index (χ2n) is 9.45. The Morgan fingerprint density at radius 1 is 1.22 bits per heavy atom. The van der Waals surface area contributed by atoms with E-state index in [1.165, 1.54) is 5.69 Å². The van der Waals surface area contributed by atoms with Gasteiger partial charge in [0.1, 0.15) is 11.3 Å². The number of aromatic hydroxyl groups is 1. The molecule has 1 amide bonds. The molecule has 1 N–H and O–H groups in total. The molecule has 1 fully saturated rings. The number of fused-ring (bicyclic) bond motifs is 4. The average molecular weight is 431 g/mol. The van der Waals surface area contributed by atoms with Crippen molar-refractivity contribution in [3.05, 3.63) is 71.7 Å². The van der Waals surface area contributed by atoms with Crippen LogP contribution in [0.15, 0.2) is 54.9 Å². The van der Waals surface area contributed by atoms with Crippen LogP contribution in [-0.4, -0.2) is 45.1 Å². The third-order valence-electron chi connectivity index (χ3n) is 6.95. The zero-order valence-corrected chi connectivity index (χ0v) is 19.0. The fourth-order valence-electron chi connectivity index (χ4n) is 5.14. The number of amides is 1. The highest BCUT2D eigenvalue weighted by Crippen LogP contribution is 2.47. The molecule has 2 aromatic heterocycles. The first kappa shape index (κ1) is 20.6. The van der Waals surface area contributed by atoms with Crippen LogP contribution < -0.4 is 4.90 Å². The van der Waals surface area contributed by atoms with Gasteiger partial charge in [0.2, 0.25) is 0 Å². The van der Waals surface area contributed by atoms with Crippen molar-refractivity contribution < 1.29 is 9.90 Å². The first-order valence-electron chi connectivity index (χ1n) is 11.4. The minimum atomic E-state index is -0.295. The third kappa shape index (κ3) is 3.17. The summed E-state index contributed by atoms with van der Waals surface area (Å²) < 4.78 is 2.19. The monoisotopic (exact) mass is 430 g/mol. The van der Waals surface area contributed by atoms with Gasteiger partial charge < -0.3 is 19.5 Å². The molecule has 0 saturated carbocycles. The number of aryl methyl sites for hydroxylation is 1. The summed E-state index contributed by atoms with van der Waals surface area (Å²) in [5.41, 5.74) is 3.32. The molecule has 2 aliphatic heterocycles. The molecule has 32 heavy (non-hydrogen) atoms. The molecule has 166 valence electrons. The highest BCUT2D eigenvalue weighted by atomic mass is 16.3. The first-order valence-corrected chi connectivity index (χ1v) is 11.4. The maximum atomic E-state index is 13.4. The number of pyridine rings is 1. The molecule has 0 unspecified atom stereocenters. The molecule has 6 nitrogen and oxygen atoms in total. The second kappa shape index (κ2) is 7.69. The molecule has 0 aliphatic carbocycles. The number of benzene rings is 1. The molecule has 1 aromatic carbocycles. The standard InChI is InChI=1S/C26H30N4O2/c1-18(2)10-14-30-21-6-4-12-27-24(21)29-13-5-7-23(29)26(30)11-15-28(17-26)25(32)20-9-8-19(3)22(31)16-20/h4-9,12-13,16,18,31H,10-11,14-15,17H2,1-3H3/t26-/m0/s1. The lowest BCUT2D eigenvalue weighted by molar-refractivity contribution is 0.0781. The van der Waals surface area contributed by atoms with Crippen molar-refractivity contribution in [2.75, 3.05) is 24.5 Å². The Morgan fingerprint density at radius 2 is 2.06 bits per heavy atom. The summed E-state index contributed by atoms with van der Waals surface area (Å²) in [7, 11) is 0. The Hall–Kier alpha value is -3.28. The molecule has 0 radical (unpaired) electrons. The average Bonchev–Trinajstić information content (AvgIpc) is 3.44. The predicted molar refractivity (Wildman–Crippen MR) is 125 cm³/mol. The highest BCUT2D eigenvalue weighted by molar-refractivity contribution is 5.95. The Morgan fingerprint density at radius 3 is 2.84 bits per heavy atom. The lowest BCUT2D eigenvalue weighted by Crippen LogP contribution is -2.53. The molecule has 2 aliphatic rings. The Balaban J connectivity index is 1.54. The van der Waals surface area contributed by atoms with Gasteiger partial charge in [0.25, 0.3) is 5.91 Å². The van der Waals surface area contributed by atoms with Crippen molar-refractivity contribution in [2.24, 2.45) is 5.92 Å². The summed E-state index contributed by atoms with van der Waals surface area (Å²) in [5.74, 6) is 1.66. The van der Waals surface area contributed by atoms with Crippen LogP contribution in [0.4, 0.5) is 5.69 Å². The van der Waals surface area contributed by atoms with Crippen molar-refractivity contribution >= 4 is 11.6 Å². The van der Waals surface area contributed by atoms with Crippen LogP contribution in [0.5, 0.6) is 5.75 Å². The summed E-state index contributed by atoms with van der Waals surface area (Å²) >= 11 is 0. The van der Waals surface area contributed by atoms with E-state index in [-0.39, 0.29) is 17.2 Å². The fourth-order valence-corrected chi connectivity index (χ4v) is 5.14. The molecule has 0 bridgehead atoms. The fraction of sp³-hybridized carbons (Fsp3) is 0.385. The van der Waals surface area contributed by atoms with Crippen molar-refractivity contribution in [2.45, 2.75) is 39.2 Å². The van der Waals surface area contributed by atoms with Gasteiger partial charge in [0.15, 0.2) is 5.82 Å². The summed E-state index contributed by atoms with van der Waals surface area (Å²) in [5, 5.41) is 10.1. The molecule has 1 spiro atoms. The summed E-state index contributed by atoms with van der Waals surface area (Å²) in [6.07, 6.45) is 5.84. The molecule has 3 aromatic rings. The van der Waals surface area contributed by atoms with Gasteiger partial charge in [-0.05, 0) is 67.6 Å². The molecule has 1 saturated heterocycles. The molecule has 5 rings (SSSR count). The van der Waals surface area contributed by atoms with E-state index < -0.39 is 0 Å². The van der Waals surface area contributed by atoms with Crippen LogP contribution in [0, 0.1) is 12.8 Å². The van der Waals surface area contributed by atoms with Crippen molar-refractivity contribution in [3.8, 4) is 11.6 Å². The van der Waals surface area contributed by atoms with Crippen LogP contribution >= 0.6 is 0 Å². The van der Waals surface area contributed by atoms with Crippen molar-refractivity contribution in [3.63, 3.8) is 0 Å². The lowest BCUT2D eigenvalue weighted by Gasteiger charge is -2.47. The maximum absolute atomic E-state index is 13.4. The summed E-state index contributed by atoms with van der Waals surface area (Å²) in [6.45, 7) is 8.52. The number of carbonyl (C=O) groups excluding carboxylic acids is 1. The number of nitrogens with zero attached hydrogens (tertiary/aromatic N) is 4.